The highest BCUT2D eigenvalue weighted by Crippen LogP contribution is 2.22. The number of carbonyl (C=O) groups is 1. The molecule has 0 unspecified atom stereocenters. The second kappa shape index (κ2) is 6.87. The summed E-state index contributed by atoms with van der Waals surface area (Å²) in [5.41, 5.74) is 6.03. The van der Waals surface area contributed by atoms with Gasteiger partial charge in [-0.25, -0.2) is 8.42 Å². The highest BCUT2D eigenvalue weighted by Gasteiger charge is 2.26. The van der Waals surface area contributed by atoms with Crippen molar-refractivity contribution in [3.63, 3.8) is 0 Å². The van der Waals surface area contributed by atoms with Crippen LogP contribution in [0.25, 0.3) is 6.08 Å². The first kappa shape index (κ1) is 15.7. The first-order valence-corrected chi connectivity index (χ1v) is 8.49. The van der Waals surface area contributed by atoms with E-state index in [9.17, 15) is 13.2 Å². The van der Waals surface area contributed by atoms with Crippen molar-refractivity contribution in [3.05, 3.63) is 41.3 Å². The Labute approximate surface area is 125 Å². The third kappa shape index (κ3) is 4.68. The van der Waals surface area contributed by atoms with E-state index in [1.807, 2.05) is 30.3 Å². The third-order valence-corrected chi connectivity index (χ3v) is 5.22. The summed E-state index contributed by atoms with van der Waals surface area (Å²) in [5, 5.41) is 1.25. The van der Waals surface area contributed by atoms with Crippen molar-refractivity contribution < 1.29 is 13.2 Å². The molecule has 0 saturated carbocycles. The number of hydrogen-bond acceptors (Lipinski definition) is 3. The van der Waals surface area contributed by atoms with Gasteiger partial charge in [0.1, 0.15) is 0 Å². The third-order valence-electron chi connectivity index (χ3n) is 3.66. The first-order valence-electron chi connectivity index (χ1n) is 6.99. The predicted octanol–water partition coefficient (Wildman–Crippen LogP) is 1.57. The molecule has 114 valence electrons. The smallest absolute Gasteiger partial charge is 0.236 e. The molecular weight excluding hydrogens is 288 g/mol. The Kier molecular flexibility index (Phi) is 5.14. The summed E-state index contributed by atoms with van der Waals surface area (Å²) in [4.78, 5) is 10.9. The van der Waals surface area contributed by atoms with Crippen LogP contribution < -0.4 is 5.73 Å². The highest BCUT2D eigenvalue weighted by atomic mass is 32.2. The number of amides is 1. The Morgan fingerprint density at radius 1 is 1.24 bits per heavy atom. The molecule has 1 saturated heterocycles. The predicted molar refractivity (Wildman–Crippen MR) is 82.5 cm³/mol. The van der Waals surface area contributed by atoms with E-state index in [0.717, 1.165) is 5.56 Å². The van der Waals surface area contributed by atoms with Gasteiger partial charge < -0.3 is 5.73 Å². The van der Waals surface area contributed by atoms with Gasteiger partial charge in [0.05, 0.1) is 0 Å². The number of nitrogens with zero attached hydrogens (tertiary/aromatic N) is 1. The lowest BCUT2D eigenvalue weighted by Crippen LogP contribution is -2.38. The molecule has 1 heterocycles. The summed E-state index contributed by atoms with van der Waals surface area (Å²) in [6.45, 7) is 0.888. The minimum atomic E-state index is -3.40. The van der Waals surface area contributed by atoms with Crippen LogP contribution >= 0.6 is 0 Å². The van der Waals surface area contributed by atoms with Gasteiger partial charge >= 0.3 is 0 Å². The fourth-order valence-corrected chi connectivity index (χ4v) is 3.69. The molecule has 6 heteroatoms. The van der Waals surface area contributed by atoms with E-state index in [-0.39, 0.29) is 11.8 Å². The number of benzene rings is 1. The fraction of sp³-hybridized carbons (Fsp3) is 0.400. The average Bonchev–Trinajstić information content (AvgIpc) is 2.46. The average molecular weight is 308 g/mol. The van der Waals surface area contributed by atoms with Gasteiger partial charge in [0.25, 0.3) is 0 Å². The van der Waals surface area contributed by atoms with Crippen molar-refractivity contribution in [2.75, 3.05) is 13.1 Å². The number of primary amides is 1. The number of nitrogens with two attached hydrogens (primary N) is 1. The van der Waals surface area contributed by atoms with Crippen molar-refractivity contribution in [2.24, 2.45) is 11.7 Å². The second-order valence-electron chi connectivity index (χ2n) is 5.27. The zero-order valence-corrected chi connectivity index (χ0v) is 12.6. The van der Waals surface area contributed by atoms with E-state index in [0.29, 0.717) is 32.4 Å². The minimum absolute atomic E-state index is 0.201. The van der Waals surface area contributed by atoms with Crippen molar-refractivity contribution in [1.82, 2.24) is 4.31 Å². The fourth-order valence-electron chi connectivity index (χ4n) is 2.47. The van der Waals surface area contributed by atoms with Crippen LogP contribution in [0.15, 0.2) is 35.7 Å². The molecule has 0 aliphatic carbocycles. The Morgan fingerprint density at radius 2 is 1.86 bits per heavy atom. The Bertz CT molecular complexity index is 603. The first-order chi connectivity index (χ1) is 9.97. The maximum absolute atomic E-state index is 12.2. The van der Waals surface area contributed by atoms with Gasteiger partial charge in [-0.2, -0.15) is 4.31 Å². The molecule has 0 bridgehead atoms. The number of sulfonamides is 1. The Hall–Kier alpha value is -1.66. The second-order valence-corrected chi connectivity index (χ2v) is 7.09. The molecule has 1 aliphatic heterocycles. The Morgan fingerprint density at radius 3 is 2.43 bits per heavy atom. The van der Waals surface area contributed by atoms with Crippen LogP contribution in [-0.4, -0.2) is 31.7 Å². The molecule has 1 aromatic rings. The van der Waals surface area contributed by atoms with E-state index in [1.54, 1.807) is 6.08 Å². The molecule has 1 amide bonds. The molecule has 0 spiro atoms. The normalized spacial score (nSPS) is 18.1. The van der Waals surface area contributed by atoms with Gasteiger partial charge in [0.15, 0.2) is 0 Å². The topological polar surface area (TPSA) is 80.5 Å². The molecule has 1 aliphatic rings. The summed E-state index contributed by atoms with van der Waals surface area (Å²) in [6, 6.07) is 9.31. The molecule has 0 aromatic heterocycles. The Balaban J connectivity index is 1.95. The molecule has 2 N–H and O–H groups in total. The standard InChI is InChI=1S/C15H20N2O3S/c16-15(18)12-14-6-9-17(10-7-14)21(19,20)11-8-13-4-2-1-3-5-13/h1-5,8,11,14H,6-7,9-10,12H2,(H2,16,18)/b11-8+. The van der Waals surface area contributed by atoms with Crippen molar-refractivity contribution >= 4 is 22.0 Å². The number of carbonyl (C=O) groups excluding carboxylic acids is 1. The maximum Gasteiger partial charge on any atom is 0.236 e. The van der Waals surface area contributed by atoms with Crippen LogP contribution in [-0.2, 0) is 14.8 Å². The monoisotopic (exact) mass is 308 g/mol. The molecule has 1 aromatic carbocycles. The van der Waals surface area contributed by atoms with Gasteiger partial charge in [-0.1, -0.05) is 30.3 Å². The van der Waals surface area contributed by atoms with E-state index < -0.39 is 10.0 Å². The van der Waals surface area contributed by atoms with Crippen LogP contribution in [0.3, 0.4) is 0 Å². The summed E-state index contributed by atoms with van der Waals surface area (Å²) in [7, 11) is -3.40. The van der Waals surface area contributed by atoms with Gasteiger partial charge in [-0.15, -0.1) is 0 Å². The number of hydrogen-bond donors (Lipinski definition) is 1. The molecule has 0 atom stereocenters. The van der Waals surface area contributed by atoms with E-state index in [1.165, 1.54) is 9.71 Å². The lowest BCUT2D eigenvalue weighted by molar-refractivity contribution is -0.119. The summed E-state index contributed by atoms with van der Waals surface area (Å²) in [6.07, 6.45) is 3.31. The number of piperidine rings is 1. The highest BCUT2D eigenvalue weighted by molar-refractivity contribution is 7.92. The van der Waals surface area contributed by atoms with Crippen molar-refractivity contribution in [3.8, 4) is 0 Å². The van der Waals surface area contributed by atoms with Crippen molar-refractivity contribution in [2.45, 2.75) is 19.3 Å². The van der Waals surface area contributed by atoms with E-state index >= 15 is 0 Å². The van der Waals surface area contributed by atoms with E-state index in [2.05, 4.69) is 0 Å². The van der Waals surface area contributed by atoms with E-state index in [4.69, 9.17) is 5.73 Å². The summed E-state index contributed by atoms with van der Waals surface area (Å²) in [5.74, 6) is -0.118. The SMILES string of the molecule is NC(=O)CC1CCN(S(=O)(=O)/C=C/c2ccccc2)CC1. The minimum Gasteiger partial charge on any atom is -0.370 e. The van der Waals surface area contributed by atoms with Crippen LogP contribution in [0.2, 0.25) is 0 Å². The molecule has 0 radical (unpaired) electrons. The van der Waals surface area contributed by atoms with Gasteiger partial charge in [0, 0.05) is 24.9 Å². The lowest BCUT2D eigenvalue weighted by atomic mass is 9.94. The maximum atomic E-state index is 12.2. The van der Waals surface area contributed by atoms with Gasteiger partial charge in [0.2, 0.25) is 15.9 Å². The quantitative estimate of drug-likeness (QED) is 0.896. The zero-order chi connectivity index (χ0) is 15.3. The van der Waals surface area contributed by atoms with Crippen LogP contribution in [0, 0.1) is 5.92 Å². The molecular formula is C15H20N2O3S. The van der Waals surface area contributed by atoms with Crippen LogP contribution in [0.4, 0.5) is 0 Å². The zero-order valence-electron chi connectivity index (χ0n) is 11.8. The van der Waals surface area contributed by atoms with Crippen LogP contribution in [0.5, 0.6) is 0 Å². The molecule has 21 heavy (non-hydrogen) atoms. The van der Waals surface area contributed by atoms with Crippen LogP contribution in [0.1, 0.15) is 24.8 Å². The lowest BCUT2D eigenvalue weighted by Gasteiger charge is -2.29. The molecule has 1 fully saturated rings. The number of rotatable bonds is 5. The summed E-state index contributed by atoms with van der Waals surface area (Å²) >= 11 is 0. The van der Waals surface area contributed by atoms with Gasteiger partial charge in [-0.3, -0.25) is 4.79 Å². The molecule has 2 rings (SSSR count). The molecule has 5 nitrogen and oxygen atoms in total. The van der Waals surface area contributed by atoms with Crippen molar-refractivity contribution in [1.29, 1.82) is 0 Å². The summed E-state index contributed by atoms with van der Waals surface area (Å²) < 4.78 is 25.9. The largest absolute Gasteiger partial charge is 0.370 e. The van der Waals surface area contributed by atoms with Gasteiger partial charge in [-0.05, 0) is 30.4 Å².